The molecule has 0 spiro atoms. The number of rotatable bonds is 6. The van der Waals surface area contributed by atoms with Crippen molar-refractivity contribution >= 4 is 0 Å². The Morgan fingerprint density at radius 3 is 2.57 bits per heavy atom. The van der Waals surface area contributed by atoms with E-state index in [4.69, 9.17) is 4.98 Å². The van der Waals surface area contributed by atoms with Gasteiger partial charge in [0, 0.05) is 57.4 Å². The van der Waals surface area contributed by atoms with Gasteiger partial charge >= 0.3 is 0 Å². The van der Waals surface area contributed by atoms with Gasteiger partial charge in [-0.1, -0.05) is 6.42 Å². The van der Waals surface area contributed by atoms with Gasteiger partial charge in [-0.3, -0.25) is 14.6 Å². The SMILES string of the molecule is O=c1cc2c(nn1CCN1CCN(Cc3ccnc(C4CCC4)n3)CC1)CCCC2. The molecule has 160 valence electrons. The summed E-state index contributed by atoms with van der Waals surface area (Å²) in [6, 6.07) is 3.88. The summed E-state index contributed by atoms with van der Waals surface area (Å²) in [4.78, 5) is 26.6. The molecule has 5 rings (SSSR count). The first-order valence-electron chi connectivity index (χ1n) is 11.6. The Hall–Kier alpha value is -2.12. The van der Waals surface area contributed by atoms with Gasteiger partial charge in [0.05, 0.1) is 17.9 Å². The molecule has 7 heteroatoms. The van der Waals surface area contributed by atoms with Crippen LogP contribution in [0.5, 0.6) is 0 Å². The molecule has 2 fully saturated rings. The summed E-state index contributed by atoms with van der Waals surface area (Å²) >= 11 is 0. The molecular weight excluding hydrogens is 376 g/mol. The average Bonchev–Trinajstić information content (AvgIpc) is 2.72. The number of aromatic nitrogens is 4. The van der Waals surface area contributed by atoms with Crippen molar-refractivity contribution in [2.75, 3.05) is 32.7 Å². The molecular formula is C23H32N6O. The molecule has 0 radical (unpaired) electrons. The first-order valence-corrected chi connectivity index (χ1v) is 11.6. The van der Waals surface area contributed by atoms with Crippen LogP contribution in [0.1, 0.15) is 60.8 Å². The van der Waals surface area contributed by atoms with Crippen LogP contribution >= 0.6 is 0 Å². The molecule has 2 aromatic heterocycles. The minimum Gasteiger partial charge on any atom is -0.299 e. The molecule has 0 unspecified atom stereocenters. The van der Waals surface area contributed by atoms with E-state index in [1.54, 1.807) is 4.68 Å². The molecule has 3 aliphatic rings. The Labute approximate surface area is 178 Å². The molecule has 2 aromatic rings. The van der Waals surface area contributed by atoms with Gasteiger partial charge in [0.15, 0.2) is 0 Å². The summed E-state index contributed by atoms with van der Waals surface area (Å²) in [5.41, 5.74) is 3.50. The number of hydrogen-bond donors (Lipinski definition) is 0. The van der Waals surface area contributed by atoms with Gasteiger partial charge in [0.1, 0.15) is 5.82 Å². The fraction of sp³-hybridized carbons (Fsp3) is 0.652. The summed E-state index contributed by atoms with van der Waals surface area (Å²) in [7, 11) is 0. The second-order valence-electron chi connectivity index (χ2n) is 9.04. The molecule has 2 aliphatic carbocycles. The Morgan fingerprint density at radius 1 is 0.967 bits per heavy atom. The fourth-order valence-electron chi connectivity index (χ4n) is 4.76. The number of hydrogen-bond acceptors (Lipinski definition) is 6. The summed E-state index contributed by atoms with van der Waals surface area (Å²) in [6.07, 6.45) is 10.1. The van der Waals surface area contributed by atoms with E-state index in [1.807, 2.05) is 12.3 Å². The molecule has 0 aromatic carbocycles. The number of piperazine rings is 1. The van der Waals surface area contributed by atoms with Crippen LogP contribution in [0.25, 0.3) is 0 Å². The monoisotopic (exact) mass is 408 g/mol. The Kier molecular flexibility index (Phi) is 5.91. The zero-order chi connectivity index (χ0) is 20.3. The third-order valence-corrected chi connectivity index (χ3v) is 6.95. The van der Waals surface area contributed by atoms with Crippen molar-refractivity contribution in [3.8, 4) is 0 Å². The highest BCUT2D eigenvalue weighted by atomic mass is 16.1. The quantitative estimate of drug-likeness (QED) is 0.728. The molecule has 0 atom stereocenters. The van der Waals surface area contributed by atoms with Gasteiger partial charge in [-0.15, -0.1) is 0 Å². The van der Waals surface area contributed by atoms with Gasteiger partial charge in [-0.2, -0.15) is 5.10 Å². The smallest absolute Gasteiger partial charge is 0.267 e. The van der Waals surface area contributed by atoms with Crippen LogP contribution in [0.4, 0.5) is 0 Å². The average molecular weight is 409 g/mol. The van der Waals surface area contributed by atoms with E-state index in [1.165, 1.54) is 37.7 Å². The second-order valence-corrected chi connectivity index (χ2v) is 9.04. The van der Waals surface area contributed by atoms with Gasteiger partial charge in [-0.25, -0.2) is 14.6 Å². The summed E-state index contributed by atoms with van der Waals surface area (Å²) in [5.74, 6) is 1.63. The summed E-state index contributed by atoms with van der Waals surface area (Å²) < 4.78 is 1.68. The van der Waals surface area contributed by atoms with Crippen molar-refractivity contribution in [2.24, 2.45) is 0 Å². The molecule has 0 bridgehead atoms. The Balaban J connectivity index is 1.11. The maximum absolute atomic E-state index is 12.4. The lowest BCUT2D eigenvalue weighted by Gasteiger charge is -2.34. The molecule has 0 N–H and O–H groups in total. The molecule has 7 nitrogen and oxygen atoms in total. The van der Waals surface area contributed by atoms with Crippen molar-refractivity contribution in [1.29, 1.82) is 0 Å². The van der Waals surface area contributed by atoms with E-state index >= 15 is 0 Å². The van der Waals surface area contributed by atoms with Gasteiger partial charge in [0.2, 0.25) is 0 Å². The number of aryl methyl sites for hydroxylation is 2. The van der Waals surface area contributed by atoms with Crippen molar-refractivity contribution in [1.82, 2.24) is 29.5 Å². The lowest BCUT2D eigenvalue weighted by molar-refractivity contribution is 0.121. The largest absolute Gasteiger partial charge is 0.299 e. The zero-order valence-electron chi connectivity index (χ0n) is 17.8. The van der Waals surface area contributed by atoms with Crippen molar-refractivity contribution in [3.63, 3.8) is 0 Å². The van der Waals surface area contributed by atoms with Gasteiger partial charge in [-0.05, 0) is 50.2 Å². The van der Waals surface area contributed by atoms with Gasteiger partial charge < -0.3 is 0 Å². The second kappa shape index (κ2) is 8.94. The first-order chi connectivity index (χ1) is 14.7. The van der Waals surface area contributed by atoms with Crippen LogP contribution in [0.3, 0.4) is 0 Å². The van der Waals surface area contributed by atoms with Crippen molar-refractivity contribution < 1.29 is 0 Å². The minimum atomic E-state index is 0.0558. The summed E-state index contributed by atoms with van der Waals surface area (Å²) in [6.45, 7) is 6.61. The number of nitrogens with zero attached hydrogens (tertiary/aromatic N) is 6. The Bertz CT molecular complexity index is 930. The highest BCUT2D eigenvalue weighted by molar-refractivity contribution is 5.20. The van der Waals surface area contributed by atoms with E-state index < -0.39 is 0 Å². The lowest BCUT2D eigenvalue weighted by Crippen LogP contribution is -2.47. The van der Waals surface area contributed by atoms with E-state index in [0.717, 1.165) is 69.3 Å². The predicted octanol–water partition coefficient (Wildman–Crippen LogP) is 2.00. The molecule has 1 saturated carbocycles. The van der Waals surface area contributed by atoms with E-state index in [-0.39, 0.29) is 5.56 Å². The first kappa shape index (κ1) is 19.8. The van der Waals surface area contributed by atoms with E-state index in [9.17, 15) is 4.79 Å². The normalized spacial score (nSPS) is 20.7. The van der Waals surface area contributed by atoms with Crippen LogP contribution in [-0.4, -0.2) is 62.3 Å². The molecule has 30 heavy (non-hydrogen) atoms. The van der Waals surface area contributed by atoms with Gasteiger partial charge in [0.25, 0.3) is 5.56 Å². The molecule has 1 saturated heterocycles. The van der Waals surface area contributed by atoms with Crippen LogP contribution in [0.15, 0.2) is 23.1 Å². The lowest BCUT2D eigenvalue weighted by atomic mass is 9.85. The predicted molar refractivity (Wildman–Crippen MR) is 115 cm³/mol. The van der Waals surface area contributed by atoms with Crippen LogP contribution in [0, 0.1) is 0 Å². The number of fused-ring (bicyclic) bond motifs is 1. The molecule has 1 aliphatic heterocycles. The third kappa shape index (κ3) is 4.47. The summed E-state index contributed by atoms with van der Waals surface area (Å²) in [5, 5.41) is 4.66. The topological polar surface area (TPSA) is 67.2 Å². The van der Waals surface area contributed by atoms with Crippen LogP contribution in [0.2, 0.25) is 0 Å². The van der Waals surface area contributed by atoms with E-state index in [0.29, 0.717) is 12.5 Å². The maximum Gasteiger partial charge on any atom is 0.267 e. The highest BCUT2D eigenvalue weighted by Crippen LogP contribution is 2.34. The maximum atomic E-state index is 12.4. The standard InChI is InChI=1S/C23H32N6O/c30-22-16-19-4-1-2-7-21(19)26-29(22)15-14-27-10-12-28(13-11-27)17-20-8-9-24-23(25-20)18-5-3-6-18/h8-9,16,18H,1-7,10-15,17H2. The fourth-order valence-corrected chi connectivity index (χ4v) is 4.76. The van der Waals surface area contributed by atoms with Crippen molar-refractivity contribution in [2.45, 2.75) is 64.0 Å². The van der Waals surface area contributed by atoms with Crippen LogP contribution in [-0.2, 0) is 25.9 Å². The molecule has 3 heterocycles. The molecule has 0 amide bonds. The van der Waals surface area contributed by atoms with E-state index in [2.05, 4.69) is 25.9 Å². The highest BCUT2D eigenvalue weighted by Gasteiger charge is 2.23. The zero-order valence-corrected chi connectivity index (χ0v) is 17.8. The van der Waals surface area contributed by atoms with Crippen molar-refractivity contribution in [3.05, 3.63) is 51.5 Å². The van der Waals surface area contributed by atoms with Crippen LogP contribution < -0.4 is 5.56 Å². The Morgan fingerprint density at radius 2 is 1.77 bits per heavy atom. The minimum absolute atomic E-state index is 0.0558. The third-order valence-electron chi connectivity index (χ3n) is 6.95.